The van der Waals surface area contributed by atoms with Crippen molar-refractivity contribution < 1.29 is 22.8 Å². The van der Waals surface area contributed by atoms with Crippen molar-refractivity contribution in [2.45, 2.75) is 38.1 Å². The molecule has 2 aliphatic heterocycles. The Morgan fingerprint density at radius 1 is 1.41 bits per heavy atom. The molecule has 122 valence electrons. The van der Waals surface area contributed by atoms with Crippen LogP contribution in [0.3, 0.4) is 0 Å². The van der Waals surface area contributed by atoms with Gasteiger partial charge in [0.05, 0.1) is 17.9 Å². The quantitative estimate of drug-likeness (QED) is 0.788. The number of fused-ring (bicyclic) bond motifs is 1. The number of rotatable bonds is 5. The largest absolute Gasteiger partial charge is 0.376 e. The van der Waals surface area contributed by atoms with E-state index in [1.165, 1.54) is 16.4 Å². The molecule has 0 aromatic heterocycles. The standard InChI is InChI=1S/C14H19FN2O4S/c15-12-4-3-10-7-17(8-11(10)6-12)22(19,20)9-13(16-18)14-2-1-5-21-14/h3-4,6,13-14,16,18H,1-2,5,7-9H2/t13?,14-/m1/s1. The van der Waals surface area contributed by atoms with Crippen molar-refractivity contribution in [1.29, 1.82) is 0 Å². The van der Waals surface area contributed by atoms with E-state index < -0.39 is 16.1 Å². The van der Waals surface area contributed by atoms with Crippen molar-refractivity contribution in [1.82, 2.24) is 9.79 Å². The van der Waals surface area contributed by atoms with Crippen molar-refractivity contribution in [3.05, 3.63) is 35.1 Å². The number of ether oxygens (including phenoxy) is 1. The lowest BCUT2D eigenvalue weighted by atomic mass is 10.1. The minimum Gasteiger partial charge on any atom is -0.376 e. The molecule has 1 aromatic rings. The van der Waals surface area contributed by atoms with Crippen molar-refractivity contribution in [2.24, 2.45) is 0 Å². The van der Waals surface area contributed by atoms with Crippen molar-refractivity contribution in [3.8, 4) is 0 Å². The summed E-state index contributed by atoms with van der Waals surface area (Å²) in [7, 11) is -3.58. The highest BCUT2D eigenvalue weighted by Crippen LogP contribution is 2.27. The number of halogens is 1. The fourth-order valence-corrected chi connectivity index (χ4v) is 4.63. The molecule has 22 heavy (non-hydrogen) atoms. The van der Waals surface area contributed by atoms with E-state index >= 15 is 0 Å². The first-order chi connectivity index (χ1) is 10.5. The zero-order chi connectivity index (χ0) is 15.7. The van der Waals surface area contributed by atoms with Crippen LogP contribution in [0.1, 0.15) is 24.0 Å². The fourth-order valence-electron chi connectivity index (χ4n) is 3.01. The number of nitrogens with zero attached hydrogens (tertiary/aromatic N) is 1. The Bertz CT molecular complexity index is 646. The number of benzene rings is 1. The molecule has 2 aliphatic rings. The molecule has 2 atom stereocenters. The molecular weight excluding hydrogens is 311 g/mol. The van der Waals surface area contributed by atoms with E-state index in [0.29, 0.717) is 12.2 Å². The van der Waals surface area contributed by atoms with Gasteiger partial charge in [-0.3, -0.25) is 0 Å². The molecule has 1 unspecified atom stereocenters. The van der Waals surface area contributed by atoms with Crippen LogP contribution in [0.25, 0.3) is 0 Å². The van der Waals surface area contributed by atoms with E-state index in [4.69, 9.17) is 4.74 Å². The van der Waals surface area contributed by atoms with Gasteiger partial charge in [-0.25, -0.2) is 12.8 Å². The molecule has 1 aromatic carbocycles. The van der Waals surface area contributed by atoms with E-state index in [2.05, 4.69) is 5.48 Å². The number of hydroxylamine groups is 1. The maximum absolute atomic E-state index is 13.2. The maximum atomic E-state index is 13.2. The van der Waals surface area contributed by atoms with Gasteiger partial charge in [0.25, 0.3) is 0 Å². The Hall–Kier alpha value is -1.06. The van der Waals surface area contributed by atoms with Crippen LogP contribution in [-0.4, -0.2) is 42.4 Å². The molecule has 2 N–H and O–H groups in total. The van der Waals surface area contributed by atoms with Gasteiger partial charge < -0.3 is 9.94 Å². The molecule has 0 aliphatic carbocycles. The topological polar surface area (TPSA) is 78.9 Å². The third-order valence-corrected chi connectivity index (χ3v) is 6.05. The van der Waals surface area contributed by atoms with Gasteiger partial charge >= 0.3 is 0 Å². The summed E-state index contributed by atoms with van der Waals surface area (Å²) in [6.45, 7) is 0.984. The Kier molecular flexibility index (Phi) is 4.47. The van der Waals surface area contributed by atoms with Crippen LogP contribution in [0.4, 0.5) is 4.39 Å². The van der Waals surface area contributed by atoms with E-state index in [1.807, 2.05) is 0 Å². The Labute approximate surface area is 128 Å². The summed E-state index contributed by atoms with van der Waals surface area (Å²) in [6.07, 6.45) is 1.28. The zero-order valence-corrected chi connectivity index (χ0v) is 12.9. The monoisotopic (exact) mass is 330 g/mol. The number of hydrogen-bond acceptors (Lipinski definition) is 5. The van der Waals surface area contributed by atoms with E-state index in [1.54, 1.807) is 6.07 Å². The van der Waals surface area contributed by atoms with Crippen molar-refractivity contribution in [2.75, 3.05) is 12.4 Å². The summed E-state index contributed by atoms with van der Waals surface area (Å²) < 4.78 is 45.1. The predicted octanol–water partition coefficient (Wildman–Crippen LogP) is 0.997. The summed E-state index contributed by atoms with van der Waals surface area (Å²) in [4.78, 5) is 0. The highest BCUT2D eigenvalue weighted by Gasteiger charge is 2.35. The molecule has 3 rings (SSSR count). The molecule has 1 saturated heterocycles. The van der Waals surface area contributed by atoms with Crippen LogP contribution >= 0.6 is 0 Å². The van der Waals surface area contributed by atoms with Gasteiger partial charge in [0, 0.05) is 19.7 Å². The smallest absolute Gasteiger partial charge is 0.216 e. The molecule has 8 heteroatoms. The van der Waals surface area contributed by atoms with E-state index in [0.717, 1.165) is 18.4 Å². The number of hydrogen-bond donors (Lipinski definition) is 2. The minimum atomic E-state index is -3.58. The van der Waals surface area contributed by atoms with E-state index in [9.17, 15) is 18.0 Å². The van der Waals surface area contributed by atoms with Gasteiger partial charge in [-0.1, -0.05) is 6.07 Å². The first-order valence-corrected chi connectivity index (χ1v) is 8.87. The first kappa shape index (κ1) is 15.8. The summed E-state index contributed by atoms with van der Waals surface area (Å²) in [5.74, 6) is -0.614. The Morgan fingerprint density at radius 3 is 2.86 bits per heavy atom. The summed E-state index contributed by atoms with van der Waals surface area (Å²) in [5.41, 5.74) is 3.57. The third-order valence-electron chi connectivity index (χ3n) is 4.22. The van der Waals surface area contributed by atoms with Gasteiger partial charge in [0.15, 0.2) is 0 Å². The maximum Gasteiger partial charge on any atom is 0.216 e. The summed E-state index contributed by atoms with van der Waals surface area (Å²) >= 11 is 0. The van der Waals surface area contributed by atoms with Crippen LogP contribution in [0.15, 0.2) is 18.2 Å². The molecular formula is C14H19FN2O4S. The second-order valence-electron chi connectivity index (χ2n) is 5.75. The van der Waals surface area contributed by atoms with Gasteiger partial charge in [0.2, 0.25) is 10.0 Å². The Balaban J connectivity index is 1.71. The van der Waals surface area contributed by atoms with Crippen LogP contribution < -0.4 is 5.48 Å². The van der Waals surface area contributed by atoms with Crippen molar-refractivity contribution >= 4 is 10.0 Å². The fraction of sp³-hybridized carbons (Fsp3) is 0.571. The van der Waals surface area contributed by atoms with Gasteiger partial charge in [-0.05, 0) is 36.1 Å². The SMILES string of the molecule is O=S(=O)(CC(NO)[C@H]1CCCO1)N1Cc2ccc(F)cc2C1. The molecule has 0 amide bonds. The highest BCUT2D eigenvalue weighted by molar-refractivity contribution is 7.89. The minimum absolute atomic E-state index is 0.166. The van der Waals surface area contributed by atoms with Crippen LogP contribution in [0.5, 0.6) is 0 Å². The van der Waals surface area contributed by atoms with Gasteiger partial charge in [-0.15, -0.1) is 0 Å². The number of nitrogens with one attached hydrogen (secondary N) is 1. The van der Waals surface area contributed by atoms with Crippen LogP contribution in [-0.2, 0) is 27.8 Å². The highest BCUT2D eigenvalue weighted by atomic mass is 32.2. The molecule has 0 saturated carbocycles. The third kappa shape index (κ3) is 3.16. The molecule has 0 spiro atoms. The Morgan fingerprint density at radius 2 is 2.18 bits per heavy atom. The average molecular weight is 330 g/mol. The van der Waals surface area contributed by atoms with Crippen LogP contribution in [0.2, 0.25) is 0 Å². The number of sulfonamides is 1. The van der Waals surface area contributed by atoms with E-state index in [-0.39, 0.29) is 30.8 Å². The molecule has 1 fully saturated rings. The summed E-state index contributed by atoms with van der Waals surface area (Å²) in [5, 5.41) is 9.24. The zero-order valence-electron chi connectivity index (χ0n) is 12.0. The molecule has 0 radical (unpaired) electrons. The summed E-state index contributed by atoms with van der Waals surface area (Å²) in [6, 6.07) is 3.65. The van der Waals surface area contributed by atoms with Gasteiger partial charge in [0.1, 0.15) is 5.82 Å². The lowest BCUT2D eigenvalue weighted by Crippen LogP contribution is -2.46. The average Bonchev–Trinajstić information content (AvgIpc) is 3.13. The normalized spacial score (nSPS) is 23.6. The lowest BCUT2D eigenvalue weighted by Gasteiger charge is -2.24. The second kappa shape index (κ2) is 6.21. The molecule has 0 bridgehead atoms. The molecule has 6 nitrogen and oxygen atoms in total. The van der Waals surface area contributed by atoms with Crippen molar-refractivity contribution in [3.63, 3.8) is 0 Å². The first-order valence-electron chi connectivity index (χ1n) is 7.26. The lowest BCUT2D eigenvalue weighted by molar-refractivity contribution is 0.0277. The second-order valence-corrected chi connectivity index (χ2v) is 7.76. The molecule has 2 heterocycles. The van der Waals surface area contributed by atoms with Crippen LogP contribution in [0, 0.1) is 5.82 Å². The predicted molar refractivity (Wildman–Crippen MR) is 77.1 cm³/mol. The van der Waals surface area contributed by atoms with Gasteiger partial charge in [-0.2, -0.15) is 9.79 Å².